The zero-order valence-electron chi connectivity index (χ0n) is 16.1. The molecule has 1 amide bonds. The van der Waals surface area contributed by atoms with Crippen LogP contribution in [-0.2, 0) is 11.3 Å². The number of amides is 1. The van der Waals surface area contributed by atoms with E-state index in [0.29, 0.717) is 25.4 Å². The molecule has 0 saturated heterocycles. The van der Waals surface area contributed by atoms with E-state index in [1.54, 1.807) is 0 Å². The lowest BCUT2D eigenvalue weighted by atomic mass is 10.2. The lowest BCUT2D eigenvalue weighted by molar-refractivity contribution is 0.187. The van der Waals surface area contributed by atoms with Crippen molar-refractivity contribution in [2.24, 2.45) is 4.99 Å². The van der Waals surface area contributed by atoms with E-state index in [-0.39, 0.29) is 24.0 Å². The smallest absolute Gasteiger partial charge is 0.411 e. The first-order valence-corrected chi connectivity index (χ1v) is 8.85. The van der Waals surface area contributed by atoms with E-state index in [2.05, 4.69) is 25.7 Å². The molecule has 0 aromatic heterocycles. The molecule has 0 aliphatic heterocycles. The molecular weight excluding hydrogens is 471 g/mol. The minimum absolute atomic E-state index is 0. The van der Waals surface area contributed by atoms with Gasteiger partial charge in [0.25, 0.3) is 0 Å². The number of carbonyl (C=O) groups is 1. The monoisotopic (exact) mass is 498 g/mol. The number of carbonyl (C=O) groups excluding carboxylic acids is 1. The maximum atomic E-state index is 11.2. The molecule has 7 nitrogen and oxygen atoms in total. The Labute approximate surface area is 182 Å². The van der Waals surface area contributed by atoms with E-state index in [1.165, 1.54) is 7.11 Å². The van der Waals surface area contributed by atoms with Crippen LogP contribution >= 0.6 is 24.0 Å². The second-order valence-electron chi connectivity index (χ2n) is 5.60. The van der Waals surface area contributed by atoms with Crippen molar-refractivity contribution in [1.29, 1.82) is 0 Å². The van der Waals surface area contributed by atoms with Crippen LogP contribution in [0.1, 0.15) is 12.5 Å². The van der Waals surface area contributed by atoms with Crippen LogP contribution in [0.25, 0.3) is 0 Å². The number of methoxy groups -OCH3 is 1. The minimum atomic E-state index is -0.489. The van der Waals surface area contributed by atoms with Gasteiger partial charge in [-0.3, -0.25) is 5.32 Å². The fourth-order valence-electron chi connectivity index (χ4n) is 2.23. The highest BCUT2D eigenvalue weighted by atomic mass is 127. The van der Waals surface area contributed by atoms with Gasteiger partial charge in [0, 0.05) is 12.2 Å². The van der Waals surface area contributed by atoms with Crippen molar-refractivity contribution in [3.05, 3.63) is 60.2 Å². The van der Waals surface area contributed by atoms with E-state index in [9.17, 15) is 4.79 Å². The van der Waals surface area contributed by atoms with Crippen LogP contribution in [0, 0.1) is 0 Å². The van der Waals surface area contributed by atoms with Crippen molar-refractivity contribution in [3.8, 4) is 5.75 Å². The van der Waals surface area contributed by atoms with Gasteiger partial charge in [0.05, 0.1) is 20.2 Å². The van der Waals surface area contributed by atoms with Crippen molar-refractivity contribution < 1.29 is 14.3 Å². The van der Waals surface area contributed by atoms with Gasteiger partial charge in [0.1, 0.15) is 12.4 Å². The molecule has 0 aliphatic carbocycles. The Hall–Kier alpha value is -2.49. The Morgan fingerprint density at radius 3 is 2.39 bits per heavy atom. The molecule has 0 heterocycles. The molecule has 8 heteroatoms. The second kappa shape index (κ2) is 13.6. The number of nitrogens with one attached hydrogen (secondary N) is 3. The highest BCUT2D eigenvalue weighted by Gasteiger charge is 2.01. The molecule has 3 N–H and O–H groups in total. The average Bonchev–Trinajstić information content (AvgIpc) is 2.71. The van der Waals surface area contributed by atoms with Crippen molar-refractivity contribution in [1.82, 2.24) is 10.6 Å². The first-order valence-electron chi connectivity index (χ1n) is 8.85. The van der Waals surface area contributed by atoms with Crippen molar-refractivity contribution in [3.63, 3.8) is 0 Å². The summed E-state index contributed by atoms with van der Waals surface area (Å²) in [6.45, 7) is 4.50. The van der Waals surface area contributed by atoms with Gasteiger partial charge in [-0.15, -0.1) is 24.0 Å². The van der Waals surface area contributed by atoms with E-state index in [1.807, 2.05) is 61.5 Å². The maximum Gasteiger partial charge on any atom is 0.411 e. The van der Waals surface area contributed by atoms with Gasteiger partial charge < -0.3 is 20.1 Å². The zero-order chi connectivity index (χ0) is 19.3. The molecule has 28 heavy (non-hydrogen) atoms. The van der Waals surface area contributed by atoms with Gasteiger partial charge in [-0.25, -0.2) is 9.79 Å². The Kier molecular flexibility index (Phi) is 11.5. The summed E-state index contributed by atoms with van der Waals surface area (Å²) in [5, 5.41) is 9.07. The van der Waals surface area contributed by atoms with Crippen molar-refractivity contribution in [2.75, 3.05) is 32.1 Å². The van der Waals surface area contributed by atoms with Crippen LogP contribution in [0.3, 0.4) is 0 Å². The number of halogens is 1. The summed E-state index contributed by atoms with van der Waals surface area (Å²) in [7, 11) is 1.33. The number of guanidine groups is 1. The number of rotatable bonds is 8. The summed E-state index contributed by atoms with van der Waals surface area (Å²) in [6, 6.07) is 17.2. The Balaban J connectivity index is 0.00000392. The number of nitrogens with zero attached hydrogens (tertiary/aromatic N) is 1. The summed E-state index contributed by atoms with van der Waals surface area (Å²) in [6.07, 6.45) is -0.489. The van der Waals surface area contributed by atoms with Crippen LogP contribution in [0.15, 0.2) is 59.6 Å². The normalized spacial score (nSPS) is 10.4. The molecule has 0 fully saturated rings. The molecule has 0 saturated carbocycles. The molecular formula is C20H27IN4O3. The first-order chi connectivity index (χ1) is 13.2. The van der Waals surface area contributed by atoms with Crippen molar-refractivity contribution in [2.45, 2.75) is 13.5 Å². The third-order valence-electron chi connectivity index (χ3n) is 3.56. The van der Waals surface area contributed by atoms with Gasteiger partial charge in [-0.2, -0.15) is 0 Å². The zero-order valence-corrected chi connectivity index (χ0v) is 18.4. The predicted molar refractivity (Wildman–Crippen MR) is 123 cm³/mol. The van der Waals surface area contributed by atoms with Gasteiger partial charge in [0.2, 0.25) is 0 Å². The number of hydrogen-bond donors (Lipinski definition) is 3. The number of aliphatic imine (C=N–C) groups is 1. The highest BCUT2D eigenvalue weighted by molar-refractivity contribution is 14.0. The predicted octanol–water partition coefficient (Wildman–Crippen LogP) is 3.62. The summed E-state index contributed by atoms with van der Waals surface area (Å²) in [5.41, 5.74) is 1.71. The molecule has 0 bridgehead atoms. The lowest BCUT2D eigenvalue weighted by Gasteiger charge is -2.12. The summed E-state index contributed by atoms with van der Waals surface area (Å²) >= 11 is 0. The van der Waals surface area contributed by atoms with E-state index in [0.717, 1.165) is 23.8 Å². The number of para-hydroxylation sites is 1. The molecule has 2 rings (SSSR count). The molecule has 2 aromatic carbocycles. The van der Waals surface area contributed by atoms with Gasteiger partial charge in [0.15, 0.2) is 5.96 Å². The number of hydrogen-bond acceptors (Lipinski definition) is 4. The molecule has 0 aliphatic rings. The largest absolute Gasteiger partial charge is 0.492 e. The standard InChI is InChI=1S/C20H26N4O3.HI/c1-3-21-19(22-13-14-27-18-7-5-4-6-8-18)23-15-16-9-11-17(12-10-16)24-20(25)26-2;/h4-12H,3,13-15H2,1-2H3,(H,24,25)(H2,21,22,23);1H. The highest BCUT2D eigenvalue weighted by Crippen LogP contribution is 2.10. The molecule has 0 unspecified atom stereocenters. The average molecular weight is 498 g/mol. The first kappa shape index (κ1) is 23.5. The minimum Gasteiger partial charge on any atom is -0.492 e. The lowest BCUT2D eigenvalue weighted by Crippen LogP contribution is -2.39. The Morgan fingerprint density at radius 2 is 1.75 bits per heavy atom. The van der Waals surface area contributed by atoms with E-state index < -0.39 is 6.09 Å². The van der Waals surface area contributed by atoms with Crippen LogP contribution in [0.4, 0.5) is 10.5 Å². The Morgan fingerprint density at radius 1 is 1.04 bits per heavy atom. The fraction of sp³-hybridized carbons (Fsp3) is 0.300. The van der Waals surface area contributed by atoms with Crippen LogP contribution < -0.4 is 20.7 Å². The van der Waals surface area contributed by atoms with E-state index in [4.69, 9.17) is 4.74 Å². The molecule has 0 radical (unpaired) electrons. The molecule has 0 atom stereocenters. The number of anilines is 1. The topological polar surface area (TPSA) is 84.0 Å². The summed E-state index contributed by atoms with van der Waals surface area (Å²) in [5.74, 6) is 1.58. The quantitative estimate of drug-likeness (QED) is 0.224. The molecule has 2 aromatic rings. The van der Waals surface area contributed by atoms with E-state index >= 15 is 0 Å². The van der Waals surface area contributed by atoms with Gasteiger partial charge in [-0.05, 0) is 36.8 Å². The van der Waals surface area contributed by atoms with Crippen molar-refractivity contribution >= 4 is 41.7 Å². The van der Waals surface area contributed by atoms with Crippen LogP contribution in [-0.4, -0.2) is 38.9 Å². The second-order valence-corrected chi connectivity index (χ2v) is 5.60. The van der Waals surface area contributed by atoms with Gasteiger partial charge >= 0.3 is 6.09 Å². The van der Waals surface area contributed by atoms with Crippen LogP contribution in [0.2, 0.25) is 0 Å². The summed E-state index contributed by atoms with van der Waals surface area (Å²) in [4.78, 5) is 15.7. The molecule has 152 valence electrons. The fourth-order valence-corrected chi connectivity index (χ4v) is 2.23. The summed E-state index contributed by atoms with van der Waals surface area (Å²) < 4.78 is 10.2. The third kappa shape index (κ3) is 8.94. The maximum absolute atomic E-state index is 11.2. The Bertz CT molecular complexity index is 724. The molecule has 0 spiro atoms. The third-order valence-corrected chi connectivity index (χ3v) is 3.56. The SMILES string of the molecule is CCNC(=NCc1ccc(NC(=O)OC)cc1)NCCOc1ccccc1.I. The number of benzene rings is 2. The number of ether oxygens (including phenoxy) is 2. The van der Waals surface area contributed by atoms with Gasteiger partial charge in [-0.1, -0.05) is 30.3 Å². The van der Waals surface area contributed by atoms with Crippen LogP contribution in [0.5, 0.6) is 5.75 Å².